The summed E-state index contributed by atoms with van der Waals surface area (Å²) in [4.78, 5) is 23.6. The van der Waals surface area contributed by atoms with E-state index in [-0.39, 0.29) is 5.91 Å². The van der Waals surface area contributed by atoms with Gasteiger partial charge in [-0.05, 0) is 49.8 Å². The first-order chi connectivity index (χ1) is 18.5. The molecule has 0 atom stereocenters. The number of nitrogens with one attached hydrogen (secondary N) is 2. The third-order valence-corrected chi connectivity index (χ3v) is 6.53. The lowest BCUT2D eigenvalue weighted by atomic mass is 10.2. The Morgan fingerprint density at radius 2 is 1.97 bits per heavy atom. The van der Waals surface area contributed by atoms with Crippen LogP contribution in [0.2, 0.25) is 0 Å². The van der Waals surface area contributed by atoms with Gasteiger partial charge >= 0.3 is 0 Å². The summed E-state index contributed by atoms with van der Waals surface area (Å²) in [5.74, 6) is 1.52. The summed E-state index contributed by atoms with van der Waals surface area (Å²) in [5.41, 5.74) is 3.34. The van der Waals surface area contributed by atoms with Gasteiger partial charge in [-0.15, -0.1) is 16.4 Å². The fraction of sp³-hybridized carbons (Fsp3) is 0.192. The molecule has 5 aromatic rings. The minimum atomic E-state index is -0.366. The van der Waals surface area contributed by atoms with E-state index in [0.29, 0.717) is 47.8 Å². The second-order valence-corrected chi connectivity index (χ2v) is 9.43. The van der Waals surface area contributed by atoms with Gasteiger partial charge in [0.05, 0.1) is 34.2 Å². The summed E-state index contributed by atoms with van der Waals surface area (Å²) in [5, 5.41) is 16.6. The lowest BCUT2D eigenvalue weighted by molar-refractivity contribution is -0.111. The maximum Gasteiger partial charge on any atom is 0.247 e. The second kappa shape index (κ2) is 10.8. The summed E-state index contributed by atoms with van der Waals surface area (Å²) >= 11 is 1.52. The average Bonchev–Trinajstić information content (AvgIpc) is 3.56. The molecule has 3 aromatic heterocycles. The smallest absolute Gasteiger partial charge is 0.247 e. The van der Waals surface area contributed by atoms with Gasteiger partial charge in [-0.3, -0.25) is 4.79 Å². The van der Waals surface area contributed by atoms with E-state index in [9.17, 15) is 4.79 Å². The molecule has 38 heavy (non-hydrogen) atoms. The quantitative estimate of drug-likeness (QED) is 0.256. The molecule has 0 aliphatic heterocycles. The Morgan fingerprint density at radius 1 is 1.13 bits per heavy atom. The molecule has 5 rings (SSSR count). The number of rotatable bonds is 10. The first-order valence-electron chi connectivity index (χ1n) is 11.7. The maximum absolute atomic E-state index is 12.2. The van der Waals surface area contributed by atoms with Crippen LogP contribution in [-0.2, 0) is 4.79 Å². The predicted molar refractivity (Wildman–Crippen MR) is 149 cm³/mol. The SMILES string of the molecule is C=CC(=O)Nc1cc(Nc2nc(-n3nnc4ccccc43)c3sccc3n2)c(OC)cc1OCCN(C)C. The van der Waals surface area contributed by atoms with Crippen LogP contribution in [-0.4, -0.2) is 70.1 Å². The van der Waals surface area contributed by atoms with Crippen molar-refractivity contribution in [2.75, 3.05) is 45.0 Å². The van der Waals surface area contributed by atoms with Crippen LogP contribution >= 0.6 is 11.3 Å². The number of amides is 1. The van der Waals surface area contributed by atoms with E-state index < -0.39 is 0 Å². The molecule has 194 valence electrons. The fourth-order valence-corrected chi connectivity index (χ4v) is 4.57. The third-order valence-electron chi connectivity index (χ3n) is 5.63. The second-order valence-electron chi connectivity index (χ2n) is 8.51. The third kappa shape index (κ3) is 5.12. The van der Waals surface area contributed by atoms with Crippen molar-refractivity contribution in [3.05, 3.63) is 60.5 Å². The average molecular weight is 531 g/mol. The Labute approximate surface area is 222 Å². The largest absolute Gasteiger partial charge is 0.494 e. The van der Waals surface area contributed by atoms with Gasteiger partial charge in [-0.25, -0.2) is 4.98 Å². The molecule has 0 spiro atoms. The van der Waals surface area contributed by atoms with E-state index in [1.54, 1.807) is 23.9 Å². The molecule has 0 aliphatic carbocycles. The first-order valence-corrected chi connectivity index (χ1v) is 12.6. The standard InChI is InChI=1S/C26H26N8O3S/c1-5-23(35)27-19-14-18(21(36-4)15-22(19)37-12-11-33(2)3)29-26-28-17-10-13-38-24(17)25(30-26)34-20-9-7-6-8-16(20)31-32-34/h5-10,13-15H,1,11-12H2,2-4H3,(H,27,35)(H,28,29,30). The van der Waals surface area contributed by atoms with E-state index in [4.69, 9.17) is 14.5 Å². The van der Waals surface area contributed by atoms with Crippen molar-refractivity contribution < 1.29 is 14.3 Å². The van der Waals surface area contributed by atoms with Crippen molar-refractivity contribution in [2.45, 2.75) is 0 Å². The van der Waals surface area contributed by atoms with Crippen LogP contribution in [0.15, 0.2) is 60.5 Å². The van der Waals surface area contributed by atoms with Gasteiger partial charge < -0.3 is 25.0 Å². The number of hydrogen-bond acceptors (Lipinski definition) is 10. The Hall–Kier alpha value is -4.55. The van der Waals surface area contributed by atoms with Gasteiger partial charge in [-0.2, -0.15) is 9.67 Å². The van der Waals surface area contributed by atoms with Crippen molar-refractivity contribution >= 4 is 55.8 Å². The highest BCUT2D eigenvalue weighted by molar-refractivity contribution is 7.17. The van der Waals surface area contributed by atoms with Crippen LogP contribution in [0.3, 0.4) is 0 Å². The summed E-state index contributed by atoms with van der Waals surface area (Å²) in [7, 11) is 5.47. The number of fused-ring (bicyclic) bond motifs is 2. The molecule has 0 unspecified atom stereocenters. The number of methoxy groups -OCH3 is 1. The molecule has 0 radical (unpaired) electrons. The maximum atomic E-state index is 12.2. The number of carbonyl (C=O) groups excluding carboxylic acids is 1. The van der Waals surface area contributed by atoms with Crippen LogP contribution in [0.1, 0.15) is 0 Å². The highest BCUT2D eigenvalue weighted by atomic mass is 32.1. The summed E-state index contributed by atoms with van der Waals surface area (Å²) in [6.45, 7) is 4.67. The number of aromatic nitrogens is 5. The zero-order chi connectivity index (χ0) is 26.6. The van der Waals surface area contributed by atoms with E-state index in [1.165, 1.54) is 17.4 Å². The number of carbonyl (C=O) groups is 1. The molecule has 12 heteroatoms. The van der Waals surface area contributed by atoms with Gasteiger partial charge in [0.1, 0.15) is 23.6 Å². The molecule has 1 amide bonds. The number of likely N-dealkylation sites (N-methyl/N-ethyl adjacent to an activating group) is 1. The van der Waals surface area contributed by atoms with Crippen molar-refractivity contribution in [2.24, 2.45) is 0 Å². The lowest BCUT2D eigenvalue weighted by Crippen LogP contribution is -2.20. The Morgan fingerprint density at radius 3 is 2.76 bits per heavy atom. The van der Waals surface area contributed by atoms with E-state index in [1.807, 2.05) is 54.7 Å². The molecule has 2 N–H and O–H groups in total. The van der Waals surface area contributed by atoms with Crippen LogP contribution in [0.5, 0.6) is 11.5 Å². The zero-order valence-corrected chi connectivity index (χ0v) is 22.0. The highest BCUT2D eigenvalue weighted by Crippen LogP contribution is 2.38. The molecular formula is C26H26N8O3S. The van der Waals surface area contributed by atoms with Crippen molar-refractivity contribution in [1.29, 1.82) is 0 Å². The normalized spacial score (nSPS) is 11.2. The number of ether oxygens (including phenoxy) is 2. The van der Waals surface area contributed by atoms with Gasteiger partial charge in [0.2, 0.25) is 11.9 Å². The van der Waals surface area contributed by atoms with Gasteiger partial charge in [0, 0.05) is 12.6 Å². The van der Waals surface area contributed by atoms with Crippen LogP contribution in [0, 0.1) is 0 Å². The number of benzene rings is 2. The van der Waals surface area contributed by atoms with Crippen LogP contribution in [0.25, 0.3) is 27.1 Å². The molecule has 0 saturated heterocycles. The molecular weight excluding hydrogens is 504 g/mol. The summed E-state index contributed by atoms with van der Waals surface area (Å²) in [6.07, 6.45) is 1.20. The Balaban J connectivity index is 1.56. The van der Waals surface area contributed by atoms with Crippen molar-refractivity contribution in [3.8, 4) is 17.3 Å². The van der Waals surface area contributed by atoms with Gasteiger partial charge in [0.15, 0.2) is 5.82 Å². The molecule has 2 aromatic carbocycles. The molecule has 0 aliphatic rings. The lowest BCUT2D eigenvalue weighted by Gasteiger charge is -2.18. The fourth-order valence-electron chi connectivity index (χ4n) is 3.76. The topological polar surface area (TPSA) is 119 Å². The molecule has 3 heterocycles. The minimum absolute atomic E-state index is 0.325. The predicted octanol–water partition coefficient (Wildman–Crippen LogP) is 4.24. The van der Waals surface area contributed by atoms with Gasteiger partial charge in [0.25, 0.3) is 0 Å². The number of para-hydroxylation sites is 1. The van der Waals surface area contributed by atoms with Crippen molar-refractivity contribution in [1.82, 2.24) is 29.9 Å². The van der Waals surface area contributed by atoms with E-state index in [2.05, 4.69) is 32.5 Å². The summed E-state index contributed by atoms with van der Waals surface area (Å²) in [6, 6.07) is 13.0. The summed E-state index contributed by atoms with van der Waals surface area (Å²) < 4.78 is 14.2. The molecule has 11 nitrogen and oxygen atoms in total. The molecule has 0 saturated carbocycles. The van der Waals surface area contributed by atoms with E-state index >= 15 is 0 Å². The Kier molecular flexibility index (Phi) is 7.15. The van der Waals surface area contributed by atoms with Crippen molar-refractivity contribution in [3.63, 3.8) is 0 Å². The van der Waals surface area contributed by atoms with Crippen LogP contribution < -0.4 is 20.1 Å². The zero-order valence-electron chi connectivity index (χ0n) is 21.1. The number of thiophene rings is 1. The highest BCUT2D eigenvalue weighted by Gasteiger charge is 2.18. The Bertz CT molecular complexity index is 1630. The van der Waals surface area contributed by atoms with Crippen LogP contribution in [0.4, 0.5) is 17.3 Å². The molecule has 0 bridgehead atoms. The van der Waals surface area contributed by atoms with E-state index in [0.717, 1.165) is 21.3 Å². The number of anilines is 3. The number of hydrogen-bond donors (Lipinski definition) is 2. The molecule has 0 fully saturated rings. The monoisotopic (exact) mass is 530 g/mol. The number of nitrogens with zero attached hydrogens (tertiary/aromatic N) is 6. The minimum Gasteiger partial charge on any atom is -0.494 e. The van der Waals surface area contributed by atoms with Gasteiger partial charge in [-0.1, -0.05) is 23.9 Å². The first kappa shape index (κ1) is 25.1.